The summed E-state index contributed by atoms with van der Waals surface area (Å²) < 4.78 is 1.90. The Hall–Kier alpha value is -1.57. The first-order valence-electron chi connectivity index (χ1n) is 8.82. The number of halogens is 1. The maximum Gasteiger partial charge on any atom is 0.191 e. The normalized spacial score (nSPS) is 20.6. The van der Waals surface area contributed by atoms with E-state index in [1.807, 2.05) is 42.2 Å². The third-order valence-electron chi connectivity index (χ3n) is 4.68. The number of para-hydroxylation sites is 1. The van der Waals surface area contributed by atoms with Gasteiger partial charge in [0.05, 0.1) is 17.9 Å². The van der Waals surface area contributed by atoms with Gasteiger partial charge in [-0.25, -0.2) is 4.68 Å². The highest BCUT2D eigenvalue weighted by molar-refractivity contribution is 14.0. The van der Waals surface area contributed by atoms with Crippen LogP contribution < -0.4 is 10.6 Å². The Kier molecular flexibility index (Phi) is 7.74. The van der Waals surface area contributed by atoms with Crippen molar-refractivity contribution in [3.63, 3.8) is 0 Å². The van der Waals surface area contributed by atoms with E-state index in [4.69, 9.17) is 0 Å². The van der Waals surface area contributed by atoms with E-state index >= 15 is 0 Å². The summed E-state index contributed by atoms with van der Waals surface area (Å²) in [5.74, 6) is 1.73. The Morgan fingerprint density at radius 3 is 2.56 bits per heavy atom. The quantitative estimate of drug-likeness (QED) is 0.422. The smallest absolute Gasteiger partial charge is 0.191 e. The highest BCUT2D eigenvalue weighted by Crippen LogP contribution is 2.23. The summed E-state index contributed by atoms with van der Waals surface area (Å²) in [6.07, 6.45) is 7.05. The van der Waals surface area contributed by atoms with Crippen LogP contribution in [0.1, 0.15) is 38.3 Å². The highest BCUT2D eigenvalue weighted by atomic mass is 127. The molecule has 1 saturated carbocycles. The first-order valence-corrected chi connectivity index (χ1v) is 8.82. The van der Waals surface area contributed by atoms with Crippen LogP contribution in [0.4, 0.5) is 0 Å². The summed E-state index contributed by atoms with van der Waals surface area (Å²) >= 11 is 0. The van der Waals surface area contributed by atoms with Gasteiger partial charge in [-0.2, -0.15) is 5.10 Å². The summed E-state index contributed by atoms with van der Waals surface area (Å²) in [4.78, 5) is 4.34. The molecule has 1 heterocycles. The molecular weight excluding hydrogens is 425 g/mol. The lowest BCUT2D eigenvalue weighted by molar-refractivity contribution is 0.329. The van der Waals surface area contributed by atoms with Gasteiger partial charge in [-0.3, -0.25) is 4.99 Å². The molecular formula is C19H28IN5. The van der Waals surface area contributed by atoms with Crippen molar-refractivity contribution in [3.8, 4) is 5.69 Å². The number of nitrogens with zero attached hydrogens (tertiary/aromatic N) is 3. The molecule has 0 amide bonds. The van der Waals surface area contributed by atoms with E-state index in [0.29, 0.717) is 12.6 Å². The molecule has 0 radical (unpaired) electrons. The van der Waals surface area contributed by atoms with Gasteiger partial charge < -0.3 is 10.6 Å². The van der Waals surface area contributed by atoms with Gasteiger partial charge in [0.1, 0.15) is 0 Å². The molecule has 2 N–H and O–H groups in total. The zero-order valence-corrected chi connectivity index (χ0v) is 17.3. The fourth-order valence-electron chi connectivity index (χ4n) is 3.15. The molecule has 136 valence electrons. The highest BCUT2D eigenvalue weighted by Gasteiger charge is 2.18. The van der Waals surface area contributed by atoms with Crippen molar-refractivity contribution < 1.29 is 0 Å². The molecule has 1 aromatic heterocycles. The van der Waals surface area contributed by atoms with Gasteiger partial charge in [-0.05, 0) is 49.8 Å². The van der Waals surface area contributed by atoms with Crippen molar-refractivity contribution in [1.29, 1.82) is 0 Å². The minimum absolute atomic E-state index is 0. The molecule has 25 heavy (non-hydrogen) atoms. The van der Waals surface area contributed by atoms with Gasteiger partial charge in [-0.15, -0.1) is 24.0 Å². The van der Waals surface area contributed by atoms with E-state index in [-0.39, 0.29) is 24.0 Å². The second-order valence-electron chi connectivity index (χ2n) is 6.61. The minimum Gasteiger partial charge on any atom is -0.354 e. The maximum atomic E-state index is 4.61. The number of aromatic nitrogens is 2. The number of hydrogen-bond donors (Lipinski definition) is 2. The summed E-state index contributed by atoms with van der Waals surface area (Å²) in [7, 11) is 1.82. The lowest BCUT2D eigenvalue weighted by Gasteiger charge is -2.28. The SMILES string of the molecule is CN=C(NCc1ccn(-c2ccccc2)n1)NC1CCC(C)CC1.I. The molecule has 1 aliphatic rings. The summed E-state index contributed by atoms with van der Waals surface area (Å²) in [6, 6.07) is 12.7. The van der Waals surface area contributed by atoms with Crippen LogP contribution in [-0.4, -0.2) is 28.8 Å². The van der Waals surface area contributed by atoms with Crippen LogP contribution in [-0.2, 0) is 6.54 Å². The molecule has 2 aromatic rings. The molecule has 0 saturated heterocycles. The lowest BCUT2D eigenvalue weighted by atomic mass is 9.87. The predicted octanol–water partition coefficient (Wildman–Crippen LogP) is 3.73. The van der Waals surface area contributed by atoms with Crippen molar-refractivity contribution in [2.45, 2.75) is 45.2 Å². The average molecular weight is 453 g/mol. The molecule has 0 aliphatic heterocycles. The molecule has 3 rings (SSSR count). The standard InChI is InChI=1S/C19H27N5.HI/c1-15-8-10-16(11-9-15)22-19(20-2)21-14-17-12-13-24(23-17)18-6-4-3-5-7-18;/h3-7,12-13,15-16H,8-11,14H2,1-2H3,(H2,20,21,22);1H. The predicted molar refractivity (Wildman–Crippen MR) is 114 cm³/mol. The first-order chi connectivity index (χ1) is 11.7. The second-order valence-corrected chi connectivity index (χ2v) is 6.61. The van der Waals surface area contributed by atoms with E-state index in [2.05, 4.69) is 39.8 Å². The average Bonchev–Trinajstić information content (AvgIpc) is 3.10. The van der Waals surface area contributed by atoms with Crippen molar-refractivity contribution in [1.82, 2.24) is 20.4 Å². The van der Waals surface area contributed by atoms with Crippen LogP contribution in [0.5, 0.6) is 0 Å². The zero-order valence-electron chi connectivity index (χ0n) is 15.0. The van der Waals surface area contributed by atoms with Gasteiger partial charge in [-0.1, -0.05) is 25.1 Å². The number of nitrogens with one attached hydrogen (secondary N) is 2. The number of benzene rings is 1. The van der Waals surface area contributed by atoms with Crippen LogP contribution in [0.15, 0.2) is 47.6 Å². The third-order valence-corrected chi connectivity index (χ3v) is 4.68. The molecule has 0 atom stereocenters. The Bertz CT molecular complexity index is 659. The van der Waals surface area contributed by atoms with E-state index in [1.54, 1.807) is 0 Å². The number of aliphatic imine (C=N–C) groups is 1. The van der Waals surface area contributed by atoms with Crippen LogP contribution in [0, 0.1) is 5.92 Å². The third kappa shape index (κ3) is 5.73. The van der Waals surface area contributed by atoms with Crippen molar-refractivity contribution in [2.75, 3.05) is 7.05 Å². The van der Waals surface area contributed by atoms with Crippen LogP contribution in [0.3, 0.4) is 0 Å². The van der Waals surface area contributed by atoms with Crippen molar-refractivity contribution in [2.24, 2.45) is 10.9 Å². The van der Waals surface area contributed by atoms with Crippen LogP contribution in [0.25, 0.3) is 5.69 Å². The summed E-state index contributed by atoms with van der Waals surface area (Å²) in [6.45, 7) is 3.01. The molecule has 1 fully saturated rings. The Balaban J connectivity index is 0.00000225. The molecule has 0 unspecified atom stereocenters. The number of rotatable bonds is 4. The van der Waals surface area contributed by atoms with E-state index in [1.165, 1.54) is 25.7 Å². The zero-order chi connectivity index (χ0) is 16.8. The molecule has 1 aliphatic carbocycles. The van der Waals surface area contributed by atoms with E-state index < -0.39 is 0 Å². The summed E-state index contributed by atoms with van der Waals surface area (Å²) in [5.41, 5.74) is 2.07. The fourth-order valence-corrected chi connectivity index (χ4v) is 3.15. The maximum absolute atomic E-state index is 4.61. The Morgan fingerprint density at radius 1 is 1.16 bits per heavy atom. The van der Waals surface area contributed by atoms with Gasteiger partial charge in [0.25, 0.3) is 0 Å². The van der Waals surface area contributed by atoms with Crippen LogP contribution in [0.2, 0.25) is 0 Å². The monoisotopic (exact) mass is 453 g/mol. The van der Waals surface area contributed by atoms with Gasteiger partial charge in [0, 0.05) is 19.3 Å². The Morgan fingerprint density at radius 2 is 1.88 bits per heavy atom. The van der Waals surface area contributed by atoms with Gasteiger partial charge in [0.2, 0.25) is 0 Å². The van der Waals surface area contributed by atoms with Gasteiger partial charge in [0.15, 0.2) is 5.96 Å². The van der Waals surface area contributed by atoms with E-state index in [0.717, 1.165) is 23.3 Å². The molecule has 1 aromatic carbocycles. The minimum atomic E-state index is 0. The van der Waals surface area contributed by atoms with Gasteiger partial charge >= 0.3 is 0 Å². The molecule has 6 heteroatoms. The summed E-state index contributed by atoms with van der Waals surface area (Å²) in [5, 5.41) is 11.5. The van der Waals surface area contributed by atoms with Crippen molar-refractivity contribution in [3.05, 3.63) is 48.3 Å². The van der Waals surface area contributed by atoms with Crippen LogP contribution >= 0.6 is 24.0 Å². The second kappa shape index (κ2) is 9.79. The topological polar surface area (TPSA) is 54.2 Å². The molecule has 0 spiro atoms. The number of guanidine groups is 1. The lowest BCUT2D eigenvalue weighted by Crippen LogP contribution is -2.44. The largest absolute Gasteiger partial charge is 0.354 e. The fraction of sp³-hybridized carbons (Fsp3) is 0.474. The first kappa shape index (κ1) is 19.8. The number of hydrogen-bond acceptors (Lipinski definition) is 2. The molecule has 5 nitrogen and oxygen atoms in total. The molecule has 0 bridgehead atoms. The Labute approximate surface area is 167 Å². The van der Waals surface area contributed by atoms with Crippen molar-refractivity contribution >= 4 is 29.9 Å². The van der Waals surface area contributed by atoms with E-state index in [9.17, 15) is 0 Å².